The van der Waals surface area contributed by atoms with Crippen molar-refractivity contribution in [1.82, 2.24) is 10.6 Å². The third-order valence-electron chi connectivity index (χ3n) is 3.42. The number of amides is 1. The van der Waals surface area contributed by atoms with Crippen molar-refractivity contribution in [2.75, 3.05) is 13.1 Å². The minimum absolute atomic E-state index is 0. The summed E-state index contributed by atoms with van der Waals surface area (Å²) in [6.07, 6.45) is 1.92. The van der Waals surface area contributed by atoms with Crippen LogP contribution in [0.15, 0.2) is 29.2 Å². The number of benzene rings is 1. The van der Waals surface area contributed by atoms with Crippen LogP contribution in [-0.2, 0) is 4.79 Å². The standard InChI is InChI=1S/C14H19N3O3S.ClH/c1-10(14(18)16-11-6-8-15-9-7-11)21-13-4-2-12(3-5-13)17(19)20;/h2-5,10-11,15H,6-9H2,1H3,(H,16,18);1H. The normalized spacial score (nSPS) is 16.4. The molecule has 1 saturated heterocycles. The van der Waals surface area contributed by atoms with E-state index >= 15 is 0 Å². The van der Waals surface area contributed by atoms with Gasteiger partial charge in [0.05, 0.1) is 10.2 Å². The van der Waals surface area contributed by atoms with Gasteiger partial charge >= 0.3 is 0 Å². The molecular weight excluding hydrogens is 326 g/mol. The molecule has 1 fully saturated rings. The van der Waals surface area contributed by atoms with Gasteiger partial charge in [-0.1, -0.05) is 0 Å². The van der Waals surface area contributed by atoms with Crippen LogP contribution >= 0.6 is 24.2 Å². The molecular formula is C14H20ClN3O3S. The van der Waals surface area contributed by atoms with E-state index in [0.717, 1.165) is 30.8 Å². The topological polar surface area (TPSA) is 84.3 Å². The molecule has 0 aliphatic carbocycles. The Morgan fingerprint density at radius 3 is 2.50 bits per heavy atom. The largest absolute Gasteiger partial charge is 0.352 e. The van der Waals surface area contributed by atoms with Gasteiger partial charge in [-0.05, 0) is 45.0 Å². The lowest BCUT2D eigenvalue weighted by Gasteiger charge is -2.25. The third kappa shape index (κ3) is 5.47. The fourth-order valence-electron chi connectivity index (χ4n) is 2.19. The Morgan fingerprint density at radius 1 is 1.36 bits per heavy atom. The van der Waals surface area contributed by atoms with Crippen molar-refractivity contribution in [3.8, 4) is 0 Å². The maximum absolute atomic E-state index is 12.1. The first-order valence-electron chi connectivity index (χ1n) is 6.98. The maximum Gasteiger partial charge on any atom is 0.269 e. The van der Waals surface area contributed by atoms with E-state index in [1.165, 1.54) is 23.9 Å². The number of non-ortho nitro benzene ring substituents is 1. The van der Waals surface area contributed by atoms with Crippen LogP contribution in [-0.4, -0.2) is 35.2 Å². The Balaban J connectivity index is 0.00000242. The molecule has 6 nitrogen and oxygen atoms in total. The summed E-state index contributed by atoms with van der Waals surface area (Å²) in [6, 6.07) is 6.52. The molecule has 0 radical (unpaired) electrons. The minimum Gasteiger partial charge on any atom is -0.352 e. The van der Waals surface area contributed by atoms with Crippen LogP contribution in [0.25, 0.3) is 0 Å². The van der Waals surface area contributed by atoms with E-state index in [0.29, 0.717) is 0 Å². The van der Waals surface area contributed by atoms with Crippen molar-refractivity contribution in [2.45, 2.75) is 36.0 Å². The summed E-state index contributed by atoms with van der Waals surface area (Å²) in [7, 11) is 0. The molecule has 0 spiro atoms. The van der Waals surface area contributed by atoms with Gasteiger partial charge in [0.25, 0.3) is 5.69 Å². The molecule has 22 heavy (non-hydrogen) atoms. The number of nitrogens with one attached hydrogen (secondary N) is 2. The second kappa shape index (κ2) is 8.97. The van der Waals surface area contributed by atoms with Crippen LogP contribution in [0.2, 0.25) is 0 Å². The summed E-state index contributed by atoms with van der Waals surface area (Å²) in [5, 5.41) is 16.7. The van der Waals surface area contributed by atoms with E-state index < -0.39 is 4.92 Å². The van der Waals surface area contributed by atoms with Crippen LogP contribution in [0.4, 0.5) is 5.69 Å². The summed E-state index contributed by atoms with van der Waals surface area (Å²) in [5.41, 5.74) is 0.0613. The van der Waals surface area contributed by atoms with E-state index in [4.69, 9.17) is 0 Å². The number of thioether (sulfide) groups is 1. The second-order valence-electron chi connectivity index (χ2n) is 5.04. The molecule has 1 aromatic rings. The monoisotopic (exact) mass is 345 g/mol. The zero-order valence-corrected chi connectivity index (χ0v) is 13.9. The van der Waals surface area contributed by atoms with Gasteiger partial charge < -0.3 is 10.6 Å². The number of carbonyl (C=O) groups excluding carboxylic acids is 1. The second-order valence-corrected chi connectivity index (χ2v) is 6.46. The molecule has 1 amide bonds. The lowest BCUT2D eigenvalue weighted by Crippen LogP contribution is -2.45. The Bertz CT molecular complexity index is 507. The van der Waals surface area contributed by atoms with Gasteiger partial charge in [-0.15, -0.1) is 24.2 Å². The number of rotatable bonds is 5. The Morgan fingerprint density at radius 2 is 1.95 bits per heavy atom. The average Bonchev–Trinajstić information content (AvgIpc) is 2.48. The smallest absolute Gasteiger partial charge is 0.269 e. The number of carbonyl (C=O) groups is 1. The van der Waals surface area contributed by atoms with Crippen molar-refractivity contribution >= 4 is 35.8 Å². The average molecular weight is 346 g/mol. The summed E-state index contributed by atoms with van der Waals surface area (Å²) in [5.74, 6) is 0.0188. The van der Waals surface area contributed by atoms with E-state index in [1.807, 2.05) is 6.92 Å². The predicted octanol–water partition coefficient (Wildman–Crippen LogP) is 2.37. The summed E-state index contributed by atoms with van der Waals surface area (Å²) in [6.45, 7) is 3.73. The van der Waals surface area contributed by atoms with Gasteiger partial charge in [-0.25, -0.2) is 0 Å². The van der Waals surface area contributed by atoms with Gasteiger partial charge in [0.1, 0.15) is 0 Å². The van der Waals surface area contributed by atoms with Gasteiger partial charge in [0.15, 0.2) is 0 Å². The molecule has 122 valence electrons. The van der Waals surface area contributed by atoms with Crippen molar-refractivity contribution < 1.29 is 9.72 Å². The van der Waals surface area contributed by atoms with Crippen LogP contribution in [0.3, 0.4) is 0 Å². The maximum atomic E-state index is 12.1. The SMILES string of the molecule is CC(Sc1ccc([N+](=O)[O-])cc1)C(=O)NC1CCNCC1.Cl. The number of nitrogens with zero attached hydrogens (tertiary/aromatic N) is 1. The highest BCUT2D eigenvalue weighted by Gasteiger charge is 2.20. The van der Waals surface area contributed by atoms with Crippen molar-refractivity contribution in [2.24, 2.45) is 0 Å². The summed E-state index contributed by atoms with van der Waals surface area (Å²) in [4.78, 5) is 23.2. The van der Waals surface area contributed by atoms with Crippen molar-refractivity contribution in [1.29, 1.82) is 0 Å². The molecule has 0 aromatic heterocycles. The summed E-state index contributed by atoms with van der Waals surface area (Å²) < 4.78 is 0. The van der Waals surface area contributed by atoms with E-state index in [2.05, 4.69) is 10.6 Å². The highest BCUT2D eigenvalue weighted by Crippen LogP contribution is 2.25. The van der Waals surface area contributed by atoms with Crippen LogP contribution < -0.4 is 10.6 Å². The predicted molar refractivity (Wildman–Crippen MR) is 89.7 cm³/mol. The van der Waals surface area contributed by atoms with Crippen molar-refractivity contribution in [3.05, 3.63) is 34.4 Å². The number of nitro benzene ring substituents is 1. The molecule has 0 bridgehead atoms. The third-order valence-corrected chi connectivity index (χ3v) is 4.53. The number of piperidine rings is 1. The number of hydrogen-bond acceptors (Lipinski definition) is 5. The first-order valence-corrected chi connectivity index (χ1v) is 7.86. The first-order chi connectivity index (χ1) is 10.1. The van der Waals surface area contributed by atoms with Gasteiger partial charge in [0.2, 0.25) is 5.91 Å². The number of hydrogen-bond donors (Lipinski definition) is 2. The molecule has 2 rings (SSSR count). The highest BCUT2D eigenvalue weighted by atomic mass is 35.5. The quantitative estimate of drug-likeness (QED) is 0.486. The zero-order chi connectivity index (χ0) is 15.2. The van der Waals surface area contributed by atoms with Crippen molar-refractivity contribution in [3.63, 3.8) is 0 Å². The molecule has 0 saturated carbocycles. The van der Waals surface area contributed by atoms with E-state index in [9.17, 15) is 14.9 Å². The zero-order valence-electron chi connectivity index (χ0n) is 12.3. The Labute approximate surface area is 140 Å². The van der Waals surface area contributed by atoms with Crippen LogP contribution in [0.1, 0.15) is 19.8 Å². The molecule has 1 aliphatic rings. The fraction of sp³-hybridized carbons (Fsp3) is 0.500. The minimum atomic E-state index is -0.429. The molecule has 1 aromatic carbocycles. The highest BCUT2D eigenvalue weighted by molar-refractivity contribution is 8.00. The Kier molecular flexibility index (Phi) is 7.64. The molecule has 1 heterocycles. The Hall–Kier alpha value is -1.31. The van der Waals surface area contributed by atoms with Gasteiger partial charge in [-0.2, -0.15) is 0 Å². The van der Waals surface area contributed by atoms with Gasteiger partial charge in [0, 0.05) is 23.1 Å². The van der Waals surface area contributed by atoms with E-state index in [-0.39, 0.29) is 35.3 Å². The molecule has 2 N–H and O–H groups in total. The van der Waals surface area contributed by atoms with E-state index in [1.54, 1.807) is 12.1 Å². The fourth-order valence-corrected chi connectivity index (χ4v) is 3.07. The lowest BCUT2D eigenvalue weighted by atomic mass is 10.1. The molecule has 1 unspecified atom stereocenters. The van der Waals surface area contributed by atoms with Crippen LogP contribution in [0.5, 0.6) is 0 Å². The first kappa shape index (κ1) is 18.7. The summed E-state index contributed by atoms with van der Waals surface area (Å²) >= 11 is 1.41. The number of halogens is 1. The molecule has 1 aliphatic heterocycles. The molecule has 8 heteroatoms. The lowest BCUT2D eigenvalue weighted by molar-refractivity contribution is -0.384. The van der Waals surface area contributed by atoms with Crippen LogP contribution in [0, 0.1) is 10.1 Å². The number of nitro groups is 1. The molecule has 1 atom stereocenters. The van der Waals surface area contributed by atoms with Gasteiger partial charge in [-0.3, -0.25) is 14.9 Å².